The van der Waals surface area contributed by atoms with Crippen LogP contribution in [0.25, 0.3) is 10.9 Å². The lowest BCUT2D eigenvalue weighted by atomic mass is 10.1. The van der Waals surface area contributed by atoms with E-state index in [0.717, 1.165) is 17.0 Å². The van der Waals surface area contributed by atoms with Gasteiger partial charge in [-0.05, 0) is 55.5 Å². The lowest BCUT2D eigenvalue weighted by molar-refractivity contribution is -0.137. The van der Waals surface area contributed by atoms with Crippen LogP contribution in [0.2, 0.25) is 0 Å². The summed E-state index contributed by atoms with van der Waals surface area (Å²) in [5.74, 6) is 0.605. The van der Waals surface area contributed by atoms with Crippen LogP contribution in [0, 0.1) is 0 Å². The van der Waals surface area contributed by atoms with Crippen molar-refractivity contribution in [2.24, 2.45) is 0 Å². The molecular formula is C25H20F3N3O2. The summed E-state index contributed by atoms with van der Waals surface area (Å²) in [6.07, 6.45) is -2.86. The van der Waals surface area contributed by atoms with Crippen LogP contribution in [-0.2, 0) is 11.0 Å². The summed E-state index contributed by atoms with van der Waals surface area (Å²) in [4.78, 5) is 16.8. The summed E-state index contributed by atoms with van der Waals surface area (Å²) in [7, 11) is 0. The van der Waals surface area contributed by atoms with Crippen molar-refractivity contribution in [3.63, 3.8) is 0 Å². The number of nitrogens with zero attached hydrogens (tertiary/aromatic N) is 1. The summed E-state index contributed by atoms with van der Waals surface area (Å²) < 4.78 is 45.4. The number of carbonyl (C=O) groups excluding carboxylic acids is 1. The van der Waals surface area contributed by atoms with E-state index < -0.39 is 23.7 Å². The molecule has 1 atom stereocenters. The molecule has 4 rings (SSSR count). The van der Waals surface area contributed by atoms with E-state index in [1.54, 1.807) is 37.4 Å². The van der Waals surface area contributed by atoms with Gasteiger partial charge in [-0.15, -0.1) is 0 Å². The highest BCUT2D eigenvalue weighted by molar-refractivity contribution is 5.97. The minimum atomic E-state index is -4.56. The fourth-order valence-corrected chi connectivity index (χ4v) is 3.30. The first-order valence-corrected chi connectivity index (χ1v) is 10.2. The Bertz CT molecular complexity index is 1270. The van der Waals surface area contributed by atoms with Crippen LogP contribution in [-0.4, -0.2) is 16.9 Å². The number of benzene rings is 3. The fraction of sp³-hybridized carbons (Fsp3) is 0.120. The number of hydrogen-bond acceptors (Lipinski definition) is 4. The molecule has 0 saturated carbocycles. The molecule has 33 heavy (non-hydrogen) atoms. The number of para-hydroxylation sites is 2. The minimum Gasteiger partial charge on any atom is -0.455 e. The van der Waals surface area contributed by atoms with E-state index in [0.29, 0.717) is 17.2 Å². The van der Waals surface area contributed by atoms with Crippen LogP contribution in [0.1, 0.15) is 12.5 Å². The predicted octanol–water partition coefficient (Wildman–Crippen LogP) is 6.49. The number of ether oxygens (including phenoxy) is 1. The first-order valence-electron chi connectivity index (χ1n) is 10.2. The zero-order valence-corrected chi connectivity index (χ0v) is 17.6. The SMILES string of the molecule is CC(Nc1ccc(Oc2cccc3cccnc23)cc1)C(=O)Nc1ccccc1C(F)(F)F. The topological polar surface area (TPSA) is 63.2 Å². The third-order valence-electron chi connectivity index (χ3n) is 4.94. The van der Waals surface area contributed by atoms with Crippen molar-refractivity contribution < 1.29 is 22.7 Å². The van der Waals surface area contributed by atoms with Gasteiger partial charge in [0, 0.05) is 17.3 Å². The highest BCUT2D eigenvalue weighted by Gasteiger charge is 2.33. The Kier molecular flexibility index (Phi) is 6.17. The van der Waals surface area contributed by atoms with Gasteiger partial charge in [0.05, 0.1) is 11.3 Å². The fourth-order valence-electron chi connectivity index (χ4n) is 3.30. The molecular weight excluding hydrogens is 431 g/mol. The molecule has 0 spiro atoms. The quantitative estimate of drug-likeness (QED) is 0.352. The van der Waals surface area contributed by atoms with Crippen molar-refractivity contribution in [1.29, 1.82) is 0 Å². The number of anilines is 2. The van der Waals surface area contributed by atoms with Gasteiger partial charge in [-0.2, -0.15) is 13.2 Å². The van der Waals surface area contributed by atoms with Crippen LogP contribution in [0.4, 0.5) is 24.5 Å². The third kappa shape index (κ3) is 5.23. The highest BCUT2D eigenvalue weighted by Crippen LogP contribution is 2.34. The van der Waals surface area contributed by atoms with Gasteiger partial charge in [-0.3, -0.25) is 9.78 Å². The molecule has 0 saturated heterocycles. The van der Waals surface area contributed by atoms with Crippen LogP contribution >= 0.6 is 0 Å². The Balaban J connectivity index is 1.41. The van der Waals surface area contributed by atoms with E-state index in [-0.39, 0.29) is 5.69 Å². The van der Waals surface area contributed by atoms with Gasteiger partial charge in [-0.25, -0.2) is 0 Å². The van der Waals surface area contributed by atoms with Crippen molar-refractivity contribution in [3.05, 3.63) is 90.6 Å². The molecule has 1 amide bonds. The second-order valence-electron chi connectivity index (χ2n) is 7.36. The number of carbonyl (C=O) groups is 1. The second kappa shape index (κ2) is 9.20. The molecule has 0 radical (unpaired) electrons. The lowest BCUT2D eigenvalue weighted by Crippen LogP contribution is -2.32. The van der Waals surface area contributed by atoms with Crippen LogP contribution < -0.4 is 15.4 Å². The van der Waals surface area contributed by atoms with Crippen LogP contribution in [0.5, 0.6) is 11.5 Å². The van der Waals surface area contributed by atoms with Gasteiger partial charge in [0.25, 0.3) is 0 Å². The van der Waals surface area contributed by atoms with E-state index >= 15 is 0 Å². The second-order valence-corrected chi connectivity index (χ2v) is 7.36. The predicted molar refractivity (Wildman–Crippen MR) is 121 cm³/mol. The van der Waals surface area contributed by atoms with Crippen LogP contribution in [0.3, 0.4) is 0 Å². The van der Waals surface area contributed by atoms with Gasteiger partial charge in [0.1, 0.15) is 17.3 Å². The number of hydrogen-bond donors (Lipinski definition) is 2. The smallest absolute Gasteiger partial charge is 0.418 e. The molecule has 0 aliphatic rings. The van der Waals surface area contributed by atoms with Gasteiger partial charge in [-0.1, -0.05) is 30.3 Å². The molecule has 0 fully saturated rings. The number of aromatic nitrogens is 1. The highest BCUT2D eigenvalue weighted by atomic mass is 19.4. The maximum atomic E-state index is 13.1. The molecule has 1 aromatic heterocycles. The van der Waals surface area contributed by atoms with E-state index in [1.165, 1.54) is 18.2 Å². The van der Waals surface area contributed by atoms with E-state index in [9.17, 15) is 18.0 Å². The number of nitrogens with one attached hydrogen (secondary N) is 2. The normalized spacial score (nSPS) is 12.2. The minimum absolute atomic E-state index is 0.281. The number of rotatable bonds is 6. The van der Waals surface area contributed by atoms with E-state index in [2.05, 4.69) is 15.6 Å². The Morgan fingerprint density at radius 2 is 1.67 bits per heavy atom. The summed E-state index contributed by atoms with van der Waals surface area (Å²) in [6.45, 7) is 1.57. The number of alkyl halides is 3. The zero-order chi connectivity index (χ0) is 23.4. The molecule has 3 aromatic carbocycles. The van der Waals surface area contributed by atoms with Crippen molar-refractivity contribution in [1.82, 2.24) is 4.98 Å². The van der Waals surface area contributed by atoms with Crippen molar-refractivity contribution in [2.45, 2.75) is 19.1 Å². The number of fused-ring (bicyclic) bond motifs is 1. The monoisotopic (exact) mass is 451 g/mol. The van der Waals surface area contributed by atoms with E-state index in [4.69, 9.17) is 4.74 Å². The molecule has 5 nitrogen and oxygen atoms in total. The molecule has 4 aromatic rings. The molecule has 0 aliphatic carbocycles. The molecule has 8 heteroatoms. The molecule has 0 bridgehead atoms. The standard InChI is InChI=1S/C25H20F3N3O2/c1-16(24(32)31-21-9-3-2-8-20(21)25(26,27)28)30-18-11-13-19(14-12-18)33-22-10-4-6-17-7-5-15-29-23(17)22/h2-16,30H,1H3,(H,31,32). The lowest BCUT2D eigenvalue weighted by Gasteiger charge is -2.18. The maximum absolute atomic E-state index is 13.1. The number of halogens is 3. The van der Waals surface area contributed by atoms with Gasteiger partial charge < -0.3 is 15.4 Å². The first-order chi connectivity index (χ1) is 15.8. The average Bonchev–Trinajstić information content (AvgIpc) is 2.80. The van der Waals surface area contributed by atoms with E-state index in [1.807, 2.05) is 30.3 Å². The summed E-state index contributed by atoms with van der Waals surface area (Å²) in [5, 5.41) is 6.28. The first kappa shape index (κ1) is 22.1. The molecule has 1 heterocycles. The zero-order valence-electron chi connectivity index (χ0n) is 17.6. The molecule has 168 valence electrons. The van der Waals surface area contributed by atoms with Crippen LogP contribution in [0.15, 0.2) is 85.1 Å². The summed E-state index contributed by atoms with van der Waals surface area (Å²) in [5.41, 5.74) is 0.183. The average molecular weight is 451 g/mol. The summed E-state index contributed by atoms with van der Waals surface area (Å²) >= 11 is 0. The molecule has 2 N–H and O–H groups in total. The molecule has 1 unspecified atom stereocenters. The molecule has 0 aliphatic heterocycles. The number of amides is 1. The largest absolute Gasteiger partial charge is 0.455 e. The maximum Gasteiger partial charge on any atom is 0.418 e. The summed E-state index contributed by atoms with van der Waals surface area (Å²) in [6, 6.07) is 20.4. The van der Waals surface area contributed by atoms with Crippen molar-refractivity contribution >= 4 is 28.2 Å². The Hall–Kier alpha value is -4.07. The van der Waals surface area contributed by atoms with Gasteiger partial charge in [0.15, 0.2) is 5.75 Å². The Morgan fingerprint density at radius 3 is 2.42 bits per heavy atom. The number of pyridine rings is 1. The Labute approximate surface area is 188 Å². The van der Waals surface area contributed by atoms with Gasteiger partial charge in [0.2, 0.25) is 5.91 Å². The van der Waals surface area contributed by atoms with Crippen molar-refractivity contribution in [2.75, 3.05) is 10.6 Å². The third-order valence-corrected chi connectivity index (χ3v) is 4.94. The Morgan fingerprint density at radius 1 is 0.939 bits per heavy atom. The van der Waals surface area contributed by atoms with Crippen molar-refractivity contribution in [3.8, 4) is 11.5 Å². The van der Waals surface area contributed by atoms with Gasteiger partial charge >= 0.3 is 6.18 Å².